The lowest BCUT2D eigenvalue weighted by Gasteiger charge is -2.43. The monoisotopic (exact) mass is 300 g/mol. The molecule has 0 saturated heterocycles. The molecule has 3 atom stereocenters. The van der Waals surface area contributed by atoms with Gasteiger partial charge in [0.2, 0.25) is 10.0 Å². The van der Waals surface area contributed by atoms with Gasteiger partial charge in [0.1, 0.15) is 6.10 Å². The maximum Gasteiger partial charge on any atom is 0.238 e. The summed E-state index contributed by atoms with van der Waals surface area (Å²) in [6, 6.07) is 6.55. The number of rotatable bonds is 6. The molecule has 0 aliphatic heterocycles. The highest BCUT2D eigenvalue weighted by atomic mass is 32.2. The van der Waals surface area contributed by atoms with Crippen molar-refractivity contribution in [2.24, 2.45) is 5.14 Å². The van der Waals surface area contributed by atoms with E-state index in [-0.39, 0.29) is 23.1 Å². The van der Waals surface area contributed by atoms with Crippen LogP contribution < -0.4 is 10.5 Å². The van der Waals surface area contributed by atoms with Crippen molar-refractivity contribution in [2.45, 2.75) is 36.5 Å². The number of nitrogens with two attached hydrogens (primary N) is 1. The Kier molecular flexibility index (Phi) is 4.64. The predicted octanol–water partition coefficient (Wildman–Crippen LogP) is 0.938. The van der Waals surface area contributed by atoms with Crippen molar-refractivity contribution in [3.05, 3.63) is 24.3 Å². The van der Waals surface area contributed by atoms with Gasteiger partial charge in [0, 0.05) is 19.4 Å². The Hall–Kier alpha value is -1.15. The summed E-state index contributed by atoms with van der Waals surface area (Å²) >= 11 is 0. The van der Waals surface area contributed by atoms with Crippen LogP contribution in [-0.4, -0.2) is 40.4 Å². The second-order valence-electron chi connectivity index (χ2n) is 4.75. The van der Waals surface area contributed by atoms with Gasteiger partial charge in [-0.3, -0.25) is 0 Å². The Morgan fingerprint density at radius 2 is 2.20 bits per heavy atom. The first-order valence-corrected chi connectivity index (χ1v) is 8.04. The maximum atomic E-state index is 11.3. The fourth-order valence-corrected chi connectivity index (χ4v) is 2.95. The Balaban J connectivity index is 2.04. The van der Waals surface area contributed by atoms with E-state index in [0.29, 0.717) is 12.3 Å². The number of ether oxygens (including phenoxy) is 2. The summed E-state index contributed by atoms with van der Waals surface area (Å²) in [5.41, 5.74) is 0.707. The van der Waals surface area contributed by atoms with Crippen LogP contribution in [0.5, 0.6) is 0 Å². The molecule has 0 amide bonds. The Morgan fingerprint density at radius 3 is 2.80 bits per heavy atom. The molecule has 1 fully saturated rings. The topological polar surface area (TPSA) is 90.6 Å². The van der Waals surface area contributed by atoms with E-state index in [1.54, 1.807) is 19.2 Å². The molecule has 0 bridgehead atoms. The quantitative estimate of drug-likeness (QED) is 0.816. The number of methoxy groups -OCH3 is 1. The minimum absolute atomic E-state index is 0.0342. The smallest absolute Gasteiger partial charge is 0.238 e. The van der Waals surface area contributed by atoms with Gasteiger partial charge < -0.3 is 14.8 Å². The molecule has 0 heterocycles. The zero-order valence-electron chi connectivity index (χ0n) is 11.6. The van der Waals surface area contributed by atoms with Crippen molar-refractivity contribution in [3.63, 3.8) is 0 Å². The lowest BCUT2D eigenvalue weighted by molar-refractivity contribution is -0.118. The third-order valence-electron chi connectivity index (χ3n) is 3.42. The van der Waals surface area contributed by atoms with Crippen molar-refractivity contribution in [3.8, 4) is 0 Å². The van der Waals surface area contributed by atoms with Gasteiger partial charge >= 0.3 is 0 Å². The van der Waals surface area contributed by atoms with Crippen molar-refractivity contribution in [2.75, 3.05) is 19.0 Å². The second-order valence-corrected chi connectivity index (χ2v) is 6.31. The molecule has 6 nitrogen and oxygen atoms in total. The molecule has 2 rings (SSSR count). The van der Waals surface area contributed by atoms with Gasteiger partial charge in [-0.05, 0) is 31.5 Å². The molecule has 20 heavy (non-hydrogen) atoms. The number of sulfonamides is 1. The SMILES string of the molecule is CCOC1CC(Nc2cccc(S(N)(=O)=O)c2)C1OC. The summed E-state index contributed by atoms with van der Waals surface area (Å²) in [4.78, 5) is 0.0946. The average Bonchev–Trinajstić information content (AvgIpc) is 2.37. The van der Waals surface area contributed by atoms with Crippen LogP contribution in [0.15, 0.2) is 29.2 Å². The van der Waals surface area contributed by atoms with Crippen molar-refractivity contribution < 1.29 is 17.9 Å². The average molecular weight is 300 g/mol. The highest BCUT2D eigenvalue weighted by Crippen LogP contribution is 2.30. The summed E-state index contributed by atoms with van der Waals surface area (Å²) in [5, 5.41) is 8.37. The van der Waals surface area contributed by atoms with Gasteiger partial charge in [-0.2, -0.15) is 0 Å². The Bertz CT molecular complexity index is 561. The first-order chi connectivity index (χ1) is 9.45. The van der Waals surface area contributed by atoms with Gasteiger partial charge in [0.05, 0.1) is 17.0 Å². The number of benzene rings is 1. The molecular weight excluding hydrogens is 280 g/mol. The van der Waals surface area contributed by atoms with E-state index in [9.17, 15) is 8.42 Å². The zero-order chi connectivity index (χ0) is 14.8. The summed E-state index contributed by atoms with van der Waals surface area (Å²) in [6.45, 7) is 2.60. The minimum Gasteiger partial charge on any atom is -0.379 e. The normalized spacial score (nSPS) is 26.1. The molecule has 0 radical (unpaired) electrons. The van der Waals surface area contributed by atoms with E-state index in [0.717, 1.165) is 6.42 Å². The van der Waals surface area contributed by atoms with Crippen LogP contribution >= 0.6 is 0 Å². The van der Waals surface area contributed by atoms with E-state index in [1.165, 1.54) is 12.1 Å². The first kappa shape index (κ1) is 15.2. The highest BCUT2D eigenvalue weighted by Gasteiger charge is 2.42. The van der Waals surface area contributed by atoms with Crippen molar-refractivity contribution in [1.29, 1.82) is 0 Å². The summed E-state index contributed by atoms with van der Waals surface area (Å²) in [5.74, 6) is 0. The molecular formula is C13H20N2O4S. The lowest BCUT2D eigenvalue weighted by atomic mass is 9.85. The van der Waals surface area contributed by atoms with Crippen LogP contribution in [0.4, 0.5) is 5.69 Å². The molecule has 7 heteroatoms. The van der Waals surface area contributed by atoms with Crippen molar-refractivity contribution >= 4 is 15.7 Å². The Morgan fingerprint density at radius 1 is 1.45 bits per heavy atom. The Labute approximate surface area is 119 Å². The summed E-state index contributed by atoms with van der Waals surface area (Å²) in [6.07, 6.45) is 0.878. The van der Waals surface area contributed by atoms with E-state index in [4.69, 9.17) is 14.6 Å². The standard InChI is InChI=1S/C13H20N2O4S/c1-3-19-12-8-11(13(12)18-2)15-9-5-4-6-10(7-9)20(14,16)17/h4-7,11-13,15H,3,8H2,1-2H3,(H2,14,16,17). The summed E-state index contributed by atoms with van der Waals surface area (Å²) in [7, 11) is -2.04. The molecule has 3 unspecified atom stereocenters. The number of hydrogen-bond acceptors (Lipinski definition) is 5. The molecule has 0 aromatic heterocycles. The molecule has 1 aliphatic carbocycles. The van der Waals surface area contributed by atoms with E-state index in [2.05, 4.69) is 5.32 Å². The number of nitrogens with one attached hydrogen (secondary N) is 1. The van der Waals surface area contributed by atoms with Gasteiger partial charge in [-0.1, -0.05) is 6.07 Å². The molecule has 1 aliphatic rings. The van der Waals surface area contributed by atoms with E-state index >= 15 is 0 Å². The lowest BCUT2D eigenvalue weighted by Crippen LogP contribution is -2.56. The largest absolute Gasteiger partial charge is 0.379 e. The van der Waals surface area contributed by atoms with Crippen LogP contribution in [0.25, 0.3) is 0 Å². The van der Waals surface area contributed by atoms with Gasteiger partial charge in [0.15, 0.2) is 0 Å². The van der Waals surface area contributed by atoms with Gasteiger partial charge in [-0.25, -0.2) is 13.6 Å². The van der Waals surface area contributed by atoms with E-state index in [1.807, 2.05) is 6.92 Å². The highest BCUT2D eigenvalue weighted by molar-refractivity contribution is 7.89. The third-order valence-corrected chi connectivity index (χ3v) is 4.33. The second kappa shape index (κ2) is 6.09. The van der Waals surface area contributed by atoms with Crippen LogP contribution in [-0.2, 0) is 19.5 Å². The maximum absolute atomic E-state index is 11.3. The molecule has 1 aromatic carbocycles. The van der Waals surface area contributed by atoms with Crippen LogP contribution in [0, 0.1) is 0 Å². The predicted molar refractivity (Wildman–Crippen MR) is 76.1 cm³/mol. The first-order valence-electron chi connectivity index (χ1n) is 6.49. The number of anilines is 1. The number of hydrogen-bond donors (Lipinski definition) is 2. The third kappa shape index (κ3) is 3.29. The zero-order valence-corrected chi connectivity index (χ0v) is 12.4. The fraction of sp³-hybridized carbons (Fsp3) is 0.538. The minimum atomic E-state index is -3.68. The van der Waals surface area contributed by atoms with Gasteiger partial charge in [-0.15, -0.1) is 0 Å². The molecule has 0 spiro atoms. The van der Waals surface area contributed by atoms with Crippen LogP contribution in [0.2, 0.25) is 0 Å². The molecule has 1 aromatic rings. The molecule has 1 saturated carbocycles. The fourth-order valence-electron chi connectivity index (χ4n) is 2.39. The molecule has 3 N–H and O–H groups in total. The molecule has 112 valence electrons. The van der Waals surface area contributed by atoms with Crippen LogP contribution in [0.3, 0.4) is 0 Å². The summed E-state index contributed by atoms with van der Waals surface area (Å²) < 4.78 is 33.6. The van der Waals surface area contributed by atoms with Crippen molar-refractivity contribution in [1.82, 2.24) is 0 Å². The van der Waals surface area contributed by atoms with E-state index < -0.39 is 10.0 Å². The number of primary sulfonamides is 1. The van der Waals surface area contributed by atoms with Crippen LogP contribution in [0.1, 0.15) is 13.3 Å². The van der Waals surface area contributed by atoms with Gasteiger partial charge in [0.25, 0.3) is 0 Å².